The predicted molar refractivity (Wildman–Crippen MR) is 91.4 cm³/mol. The molecule has 0 aliphatic rings. The highest BCUT2D eigenvalue weighted by molar-refractivity contribution is 5.87. The highest BCUT2D eigenvalue weighted by Gasteiger charge is 2.37. The van der Waals surface area contributed by atoms with Crippen molar-refractivity contribution in [2.45, 2.75) is 31.2 Å². The van der Waals surface area contributed by atoms with Crippen molar-refractivity contribution >= 4 is 11.8 Å². The van der Waals surface area contributed by atoms with E-state index in [4.69, 9.17) is 5.73 Å². The molecule has 2 amide bonds. The van der Waals surface area contributed by atoms with Gasteiger partial charge in [-0.3, -0.25) is 9.59 Å². The second-order valence-corrected chi connectivity index (χ2v) is 6.45. The molecule has 2 aromatic rings. The smallest absolute Gasteiger partial charge is 0.368 e. The van der Waals surface area contributed by atoms with E-state index in [1.807, 2.05) is 0 Å². The molecule has 2 aromatic carbocycles. The van der Waals surface area contributed by atoms with Crippen LogP contribution in [-0.2, 0) is 34.8 Å². The molecule has 3 N–H and O–H groups in total. The maximum absolute atomic E-state index is 13.2. The maximum atomic E-state index is 13.2. The molecule has 0 aliphatic carbocycles. The van der Waals surface area contributed by atoms with Crippen molar-refractivity contribution in [3.8, 4) is 0 Å². The molecule has 4 nitrogen and oxygen atoms in total. The third-order valence-corrected chi connectivity index (χ3v) is 4.02. The van der Waals surface area contributed by atoms with Crippen LogP contribution in [0.1, 0.15) is 22.3 Å². The molecule has 11 heteroatoms. The number of carbonyl (C=O) groups excluding carboxylic acids is 2. The number of amides is 2. The second-order valence-electron chi connectivity index (χ2n) is 6.45. The average molecular weight is 436 g/mol. The van der Waals surface area contributed by atoms with E-state index in [0.29, 0.717) is 17.7 Å². The number of nitrogens with one attached hydrogen (secondary N) is 1. The lowest BCUT2D eigenvalue weighted by molar-refractivity contribution is -0.143. The van der Waals surface area contributed by atoms with Crippen molar-refractivity contribution in [3.05, 3.63) is 70.5 Å². The molecule has 0 radical (unpaired) electrons. The van der Waals surface area contributed by atoms with Gasteiger partial charge in [0.1, 0.15) is 11.9 Å². The van der Waals surface area contributed by atoms with E-state index in [0.717, 1.165) is 12.1 Å². The summed E-state index contributed by atoms with van der Waals surface area (Å²) in [5.41, 5.74) is 1.81. The van der Waals surface area contributed by atoms with Gasteiger partial charge in [-0.25, -0.2) is 4.39 Å². The number of halogens is 7. The fourth-order valence-electron chi connectivity index (χ4n) is 2.67. The number of hydrogen-bond acceptors (Lipinski definition) is 2. The Morgan fingerprint density at radius 2 is 1.47 bits per heavy atom. The summed E-state index contributed by atoms with van der Waals surface area (Å²) < 4.78 is 90.7. The standard InChI is InChI=1S/C19H15F7N2O2/c20-14-3-1-2-10(6-14)7-15(17(27)30)28-16(29)8-11-4-12(18(21,22)23)9-13(5-11)19(24,25)26/h1-6,9,15H,7-8H2,(H2,27,30)(H,28,29)/t15-/m0/s1. The van der Waals surface area contributed by atoms with Gasteiger partial charge in [0.2, 0.25) is 11.8 Å². The van der Waals surface area contributed by atoms with Crippen molar-refractivity contribution < 1.29 is 40.3 Å². The molecule has 30 heavy (non-hydrogen) atoms. The van der Waals surface area contributed by atoms with Gasteiger partial charge in [-0.2, -0.15) is 26.3 Å². The largest absolute Gasteiger partial charge is 0.416 e. The van der Waals surface area contributed by atoms with Crippen LogP contribution in [0.3, 0.4) is 0 Å². The zero-order valence-corrected chi connectivity index (χ0v) is 15.1. The summed E-state index contributed by atoms with van der Waals surface area (Å²) in [6.45, 7) is 0. The first-order valence-electron chi connectivity index (χ1n) is 8.37. The van der Waals surface area contributed by atoms with Gasteiger partial charge in [0, 0.05) is 6.42 Å². The number of benzene rings is 2. The summed E-state index contributed by atoms with van der Waals surface area (Å²) in [7, 11) is 0. The lowest BCUT2D eigenvalue weighted by atomic mass is 10.0. The second kappa shape index (κ2) is 8.72. The first kappa shape index (κ1) is 23.2. The van der Waals surface area contributed by atoms with E-state index in [9.17, 15) is 40.3 Å². The summed E-state index contributed by atoms with van der Waals surface area (Å²) in [6.07, 6.45) is -11.2. The molecule has 0 saturated heterocycles. The highest BCUT2D eigenvalue weighted by atomic mass is 19.4. The van der Waals surface area contributed by atoms with Crippen molar-refractivity contribution in [2.75, 3.05) is 0 Å². The Morgan fingerprint density at radius 3 is 1.93 bits per heavy atom. The Morgan fingerprint density at radius 1 is 0.900 bits per heavy atom. The number of primary amides is 1. The zero-order chi connectivity index (χ0) is 22.7. The third-order valence-electron chi connectivity index (χ3n) is 4.02. The Bertz CT molecular complexity index is 907. The third kappa shape index (κ3) is 6.46. The molecule has 0 aliphatic heterocycles. The summed E-state index contributed by atoms with van der Waals surface area (Å²) >= 11 is 0. The minimum atomic E-state index is -5.06. The molecule has 1 atom stereocenters. The first-order valence-corrected chi connectivity index (χ1v) is 8.37. The topological polar surface area (TPSA) is 72.2 Å². The molecule has 0 bridgehead atoms. The van der Waals surface area contributed by atoms with Gasteiger partial charge >= 0.3 is 12.4 Å². The monoisotopic (exact) mass is 436 g/mol. The lowest BCUT2D eigenvalue weighted by Crippen LogP contribution is -2.46. The molecule has 162 valence electrons. The quantitative estimate of drug-likeness (QED) is 0.680. The molecular weight excluding hydrogens is 421 g/mol. The van der Waals surface area contributed by atoms with E-state index < -0.39 is 59.1 Å². The molecule has 0 heterocycles. The highest BCUT2D eigenvalue weighted by Crippen LogP contribution is 2.36. The Balaban J connectivity index is 2.21. The van der Waals surface area contributed by atoms with Crippen LogP contribution in [0, 0.1) is 5.82 Å². The van der Waals surface area contributed by atoms with Gasteiger partial charge in [-0.15, -0.1) is 0 Å². The number of rotatable bonds is 6. The van der Waals surface area contributed by atoms with Crippen LogP contribution in [0.5, 0.6) is 0 Å². The van der Waals surface area contributed by atoms with Crippen LogP contribution in [0.15, 0.2) is 42.5 Å². The fraction of sp³-hybridized carbons (Fsp3) is 0.263. The zero-order valence-electron chi connectivity index (χ0n) is 15.1. The van der Waals surface area contributed by atoms with E-state index >= 15 is 0 Å². The summed E-state index contributed by atoms with van der Waals surface area (Å²) in [5, 5.41) is 2.15. The average Bonchev–Trinajstić information content (AvgIpc) is 2.59. The van der Waals surface area contributed by atoms with E-state index in [2.05, 4.69) is 5.32 Å². The molecule has 2 rings (SSSR count). The molecule has 0 spiro atoms. The molecule has 0 fully saturated rings. The van der Waals surface area contributed by atoms with E-state index in [1.165, 1.54) is 12.1 Å². The normalized spacial score (nSPS) is 13.0. The number of nitrogens with two attached hydrogens (primary N) is 1. The van der Waals surface area contributed by atoms with Crippen LogP contribution in [0.4, 0.5) is 30.7 Å². The summed E-state index contributed by atoms with van der Waals surface area (Å²) in [4.78, 5) is 23.7. The number of carbonyl (C=O) groups is 2. The van der Waals surface area contributed by atoms with E-state index in [1.54, 1.807) is 0 Å². The van der Waals surface area contributed by atoms with Crippen LogP contribution in [-0.4, -0.2) is 17.9 Å². The Kier molecular flexibility index (Phi) is 6.73. The van der Waals surface area contributed by atoms with Crippen LogP contribution in [0.25, 0.3) is 0 Å². The lowest BCUT2D eigenvalue weighted by Gasteiger charge is -2.17. The number of hydrogen-bond donors (Lipinski definition) is 2. The molecular formula is C19H15F7N2O2. The SMILES string of the molecule is NC(=O)[C@H](Cc1cccc(F)c1)NC(=O)Cc1cc(C(F)(F)F)cc(C(F)(F)F)c1. The molecule has 0 unspecified atom stereocenters. The van der Waals surface area contributed by atoms with E-state index in [-0.39, 0.29) is 12.5 Å². The van der Waals surface area contributed by atoms with Crippen LogP contribution in [0.2, 0.25) is 0 Å². The number of alkyl halides is 6. The van der Waals surface area contributed by atoms with Gasteiger partial charge in [0.25, 0.3) is 0 Å². The van der Waals surface area contributed by atoms with Crippen molar-refractivity contribution in [2.24, 2.45) is 5.73 Å². The van der Waals surface area contributed by atoms with Gasteiger partial charge in [-0.1, -0.05) is 12.1 Å². The van der Waals surface area contributed by atoms with Crippen molar-refractivity contribution in [1.29, 1.82) is 0 Å². The first-order chi connectivity index (χ1) is 13.8. The predicted octanol–water partition coefficient (Wildman–Crippen LogP) is 3.62. The van der Waals surface area contributed by atoms with Crippen molar-refractivity contribution in [1.82, 2.24) is 5.32 Å². The minimum Gasteiger partial charge on any atom is -0.368 e. The van der Waals surface area contributed by atoms with Crippen LogP contribution < -0.4 is 11.1 Å². The van der Waals surface area contributed by atoms with Crippen LogP contribution >= 0.6 is 0 Å². The Labute approximate surface area is 165 Å². The summed E-state index contributed by atoms with van der Waals surface area (Å²) in [5.74, 6) is -2.64. The van der Waals surface area contributed by atoms with Gasteiger partial charge in [0.15, 0.2) is 0 Å². The fourth-order valence-corrected chi connectivity index (χ4v) is 2.67. The molecule has 0 saturated carbocycles. The van der Waals surface area contributed by atoms with Gasteiger partial charge < -0.3 is 11.1 Å². The molecule has 0 aromatic heterocycles. The minimum absolute atomic E-state index is 0.0580. The maximum Gasteiger partial charge on any atom is 0.416 e. The Hall–Kier alpha value is -3.11. The van der Waals surface area contributed by atoms with Gasteiger partial charge in [0.05, 0.1) is 17.5 Å². The summed E-state index contributed by atoms with van der Waals surface area (Å²) in [6, 6.07) is 4.47. The van der Waals surface area contributed by atoms with Gasteiger partial charge in [-0.05, 0) is 41.5 Å². The van der Waals surface area contributed by atoms with Crippen molar-refractivity contribution in [3.63, 3.8) is 0 Å².